The number of amides is 1. The summed E-state index contributed by atoms with van der Waals surface area (Å²) in [5.41, 5.74) is 0.978. The van der Waals surface area contributed by atoms with Crippen LogP contribution in [-0.2, 0) is 4.79 Å². The predicted octanol–water partition coefficient (Wildman–Crippen LogP) is 2.23. The van der Waals surface area contributed by atoms with E-state index in [0.29, 0.717) is 18.0 Å². The van der Waals surface area contributed by atoms with Crippen molar-refractivity contribution < 1.29 is 4.79 Å². The molecule has 3 nitrogen and oxygen atoms in total. The second-order valence-electron chi connectivity index (χ2n) is 3.47. The lowest BCUT2D eigenvalue weighted by atomic mass is 10.3. The van der Waals surface area contributed by atoms with Crippen LogP contribution in [0.2, 0.25) is 5.02 Å². The summed E-state index contributed by atoms with van der Waals surface area (Å²) in [6.45, 7) is 0.638. The van der Waals surface area contributed by atoms with Gasteiger partial charge in [0.25, 0.3) is 0 Å². The molecular formula is C11H15ClN2O. The second-order valence-corrected chi connectivity index (χ2v) is 3.91. The molecule has 0 aromatic heterocycles. The molecule has 0 unspecified atom stereocenters. The molecule has 0 aliphatic rings. The first kappa shape index (κ1) is 11.9. The lowest BCUT2D eigenvalue weighted by molar-refractivity contribution is -0.128. The Labute approximate surface area is 95.0 Å². The molecule has 0 aliphatic heterocycles. The molecule has 0 heterocycles. The average Bonchev–Trinajstić information content (AvgIpc) is 2.20. The van der Waals surface area contributed by atoms with Crippen molar-refractivity contribution in [3.8, 4) is 0 Å². The van der Waals surface area contributed by atoms with Crippen molar-refractivity contribution in [2.75, 3.05) is 26.0 Å². The zero-order chi connectivity index (χ0) is 11.3. The van der Waals surface area contributed by atoms with E-state index in [1.165, 1.54) is 0 Å². The van der Waals surface area contributed by atoms with Gasteiger partial charge >= 0.3 is 0 Å². The third-order valence-electron chi connectivity index (χ3n) is 2.01. The Bertz CT molecular complexity index is 322. The van der Waals surface area contributed by atoms with E-state index >= 15 is 0 Å². The van der Waals surface area contributed by atoms with E-state index in [0.717, 1.165) is 5.69 Å². The highest BCUT2D eigenvalue weighted by Crippen LogP contribution is 2.13. The number of hydrogen-bond acceptors (Lipinski definition) is 2. The Morgan fingerprint density at radius 2 is 1.93 bits per heavy atom. The van der Waals surface area contributed by atoms with E-state index < -0.39 is 0 Å². The van der Waals surface area contributed by atoms with E-state index in [2.05, 4.69) is 5.32 Å². The zero-order valence-electron chi connectivity index (χ0n) is 8.96. The first-order valence-electron chi connectivity index (χ1n) is 4.79. The van der Waals surface area contributed by atoms with Gasteiger partial charge in [-0.3, -0.25) is 4.79 Å². The highest BCUT2D eigenvalue weighted by atomic mass is 35.5. The topological polar surface area (TPSA) is 32.3 Å². The van der Waals surface area contributed by atoms with E-state index in [4.69, 9.17) is 11.6 Å². The summed E-state index contributed by atoms with van der Waals surface area (Å²) >= 11 is 5.75. The normalized spacial score (nSPS) is 9.80. The minimum atomic E-state index is 0.122. The first-order chi connectivity index (χ1) is 7.09. The fourth-order valence-corrected chi connectivity index (χ4v) is 1.23. The standard InChI is InChI=1S/C11H15ClN2O/c1-14(2)11(15)7-8-13-10-5-3-9(12)4-6-10/h3-6,13H,7-8H2,1-2H3. The Kier molecular flexibility index (Phi) is 4.43. The van der Waals surface area contributed by atoms with E-state index in [1.807, 2.05) is 24.3 Å². The number of rotatable bonds is 4. The number of hydrogen-bond donors (Lipinski definition) is 1. The van der Waals surface area contributed by atoms with Crippen LogP contribution in [0.3, 0.4) is 0 Å². The molecule has 0 bridgehead atoms. The maximum absolute atomic E-state index is 11.3. The van der Waals surface area contributed by atoms with Crippen LogP contribution < -0.4 is 5.32 Å². The SMILES string of the molecule is CN(C)C(=O)CCNc1ccc(Cl)cc1. The highest BCUT2D eigenvalue weighted by Gasteiger charge is 2.02. The molecular weight excluding hydrogens is 212 g/mol. The molecule has 1 amide bonds. The molecule has 0 radical (unpaired) electrons. The molecule has 82 valence electrons. The first-order valence-corrected chi connectivity index (χ1v) is 5.17. The summed E-state index contributed by atoms with van der Waals surface area (Å²) in [7, 11) is 3.51. The molecule has 0 saturated carbocycles. The van der Waals surface area contributed by atoms with Crippen LogP contribution in [0, 0.1) is 0 Å². The largest absolute Gasteiger partial charge is 0.385 e. The minimum Gasteiger partial charge on any atom is -0.385 e. The van der Waals surface area contributed by atoms with Gasteiger partial charge in [-0.2, -0.15) is 0 Å². The van der Waals surface area contributed by atoms with Gasteiger partial charge < -0.3 is 10.2 Å². The van der Waals surface area contributed by atoms with Crippen LogP contribution >= 0.6 is 11.6 Å². The summed E-state index contributed by atoms with van der Waals surface area (Å²) in [5, 5.41) is 3.86. The van der Waals surface area contributed by atoms with Gasteiger partial charge in [-0.25, -0.2) is 0 Å². The molecule has 15 heavy (non-hydrogen) atoms. The minimum absolute atomic E-state index is 0.122. The van der Waals surface area contributed by atoms with Gasteiger partial charge in [0.1, 0.15) is 0 Å². The van der Waals surface area contributed by atoms with Crippen LogP contribution in [-0.4, -0.2) is 31.4 Å². The number of benzene rings is 1. The van der Waals surface area contributed by atoms with Crippen LogP contribution in [0.1, 0.15) is 6.42 Å². The van der Waals surface area contributed by atoms with Crippen molar-refractivity contribution in [2.45, 2.75) is 6.42 Å². The number of nitrogens with zero attached hydrogens (tertiary/aromatic N) is 1. The summed E-state index contributed by atoms with van der Waals surface area (Å²) < 4.78 is 0. The Hall–Kier alpha value is -1.22. The maximum atomic E-state index is 11.3. The van der Waals surface area contributed by atoms with Crippen molar-refractivity contribution in [3.63, 3.8) is 0 Å². The average molecular weight is 227 g/mol. The monoisotopic (exact) mass is 226 g/mol. The van der Waals surface area contributed by atoms with Gasteiger partial charge in [0.2, 0.25) is 5.91 Å². The predicted molar refractivity (Wildman–Crippen MR) is 63.3 cm³/mol. The fraction of sp³-hybridized carbons (Fsp3) is 0.364. The summed E-state index contributed by atoms with van der Waals surface area (Å²) in [4.78, 5) is 12.8. The van der Waals surface area contributed by atoms with E-state index in [9.17, 15) is 4.79 Å². The van der Waals surface area contributed by atoms with Gasteiger partial charge in [0.05, 0.1) is 0 Å². The van der Waals surface area contributed by atoms with Gasteiger partial charge in [-0.05, 0) is 24.3 Å². The van der Waals surface area contributed by atoms with Crippen LogP contribution in [0.15, 0.2) is 24.3 Å². The molecule has 0 spiro atoms. The highest BCUT2D eigenvalue weighted by molar-refractivity contribution is 6.30. The van der Waals surface area contributed by atoms with Crippen molar-refractivity contribution in [1.29, 1.82) is 0 Å². The van der Waals surface area contributed by atoms with Gasteiger partial charge in [-0.1, -0.05) is 11.6 Å². The smallest absolute Gasteiger partial charge is 0.223 e. The zero-order valence-corrected chi connectivity index (χ0v) is 9.71. The molecule has 1 aromatic carbocycles. The van der Waals surface area contributed by atoms with Crippen LogP contribution in [0.5, 0.6) is 0 Å². The number of halogens is 1. The molecule has 1 aromatic rings. The van der Waals surface area contributed by atoms with Crippen molar-refractivity contribution in [1.82, 2.24) is 4.90 Å². The summed E-state index contributed by atoms with van der Waals surface area (Å²) in [5.74, 6) is 0.122. The Morgan fingerprint density at radius 1 is 1.33 bits per heavy atom. The van der Waals surface area contributed by atoms with E-state index in [1.54, 1.807) is 19.0 Å². The van der Waals surface area contributed by atoms with Crippen molar-refractivity contribution in [2.24, 2.45) is 0 Å². The van der Waals surface area contributed by atoms with Crippen LogP contribution in [0.25, 0.3) is 0 Å². The molecule has 0 aliphatic carbocycles. The van der Waals surface area contributed by atoms with Gasteiger partial charge in [-0.15, -0.1) is 0 Å². The second kappa shape index (κ2) is 5.61. The summed E-state index contributed by atoms with van der Waals surface area (Å²) in [6, 6.07) is 7.42. The fourth-order valence-electron chi connectivity index (χ4n) is 1.11. The number of carbonyl (C=O) groups is 1. The molecule has 0 fully saturated rings. The molecule has 1 N–H and O–H groups in total. The Balaban J connectivity index is 2.32. The van der Waals surface area contributed by atoms with Gasteiger partial charge in [0, 0.05) is 37.8 Å². The lowest BCUT2D eigenvalue weighted by Crippen LogP contribution is -2.23. The van der Waals surface area contributed by atoms with Crippen molar-refractivity contribution >= 4 is 23.2 Å². The number of nitrogens with one attached hydrogen (secondary N) is 1. The molecule has 4 heteroatoms. The van der Waals surface area contributed by atoms with E-state index in [-0.39, 0.29) is 5.91 Å². The third kappa shape index (κ3) is 4.21. The lowest BCUT2D eigenvalue weighted by Gasteiger charge is -2.11. The van der Waals surface area contributed by atoms with Gasteiger partial charge in [0.15, 0.2) is 0 Å². The number of anilines is 1. The molecule has 0 saturated heterocycles. The maximum Gasteiger partial charge on any atom is 0.223 e. The quantitative estimate of drug-likeness (QED) is 0.854. The third-order valence-corrected chi connectivity index (χ3v) is 2.26. The molecule has 0 atom stereocenters. The molecule has 1 rings (SSSR count). The number of carbonyl (C=O) groups excluding carboxylic acids is 1. The van der Waals surface area contributed by atoms with Crippen LogP contribution in [0.4, 0.5) is 5.69 Å². The Morgan fingerprint density at radius 3 is 2.47 bits per heavy atom. The van der Waals surface area contributed by atoms with Crippen molar-refractivity contribution in [3.05, 3.63) is 29.3 Å². The summed E-state index contributed by atoms with van der Waals surface area (Å²) in [6.07, 6.45) is 0.496.